The summed E-state index contributed by atoms with van der Waals surface area (Å²) >= 11 is 0. The third-order valence-corrected chi connectivity index (χ3v) is 3.80. The third kappa shape index (κ3) is 2.07. The lowest BCUT2D eigenvalue weighted by molar-refractivity contribution is -0.134. The van der Waals surface area contributed by atoms with E-state index in [-0.39, 0.29) is 11.9 Å². The zero-order valence-electron chi connectivity index (χ0n) is 9.98. The Hall–Kier alpha value is -1.35. The summed E-state index contributed by atoms with van der Waals surface area (Å²) in [6.45, 7) is 2.64. The molecule has 3 heteroatoms. The van der Waals surface area contributed by atoms with E-state index in [0.717, 1.165) is 38.9 Å². The number of nitrogens with zero attached hydrogens (tertiary/aromatic N) is 1. The second-order valence-corrected chi connectivity index (χ2v) is 4.93. The van der Waals surface area contributed by atoms with Gasteiger partial charge in [-0.05, 0) is 36.9 Å². The first-order valence-corrected chi connectivity index (χ1v) is 6.43. The summed E-state index contributed by atoms with van der Waals surface area (Å²) in [6, 6.07) is 8.51. The van der Waals surface area contributed by atoms with Crippen molar-refractivity contribution in [3.63, 3.8) is 0 Å². The highest BCUT2D eigenvalue weighted by atomic mass is 16.2. The van der Waals surface area contributed by atoms with E-state index in [0.29, 0.717) is 0 Å². The molecule has 0 spiro atoms. The van der Waals surface area contributed by atoms with Crippen LogP contribution in [0, 0.1) is 0 Å². The van der Waals surface area contributed by atoms with E-state index in [2.05, 4.69) is 29.6 Å². The Kier molecular flexibility index (Phi) is 2.85. The Morgan fingerprint density at radius 1 is 1.29 bits per heavy atom. The minimum absolute atomic E-state index is 0.0697. The van der Waals surface area contributed by atoms with Gasteiger partial charge in [-0.25, -0.2) is 0 Å². The van der Waals surface area contributed by atoms with E-state index in [1.54, 1.807) is 0 Å². The summed E-state index contributed by atoms with van der Waals surface area (Å²) in [5.74, 6) is 0.289. The van der Waals surface area contributed by atoms with Crippen molar-refractivity contribution in [1.29, 1.82) is 0 Å². The van der Waals surface area contributed by atoms with Crippen molar-refractivity contribution in [2.24, 2.45) is 0 Å². The SMILES string of the molecule is O=C([C@@H]1CCCN1)N1CCc2ccccc2C1. The Morgan fingerprint density at radius 2 is 2.12 bits per heavy atom. The number of hydrogen-bond acceptors (Lipinski definition) is 2. The molecule has 1 fully saturated rings. The molecule has 1 saturated heterocycles. The molecule has 1 amide bonds. The molecule has 3 nitrogen and oxygen atoms in total. The van der Waals surface area contributed by atoms with Gasteiger partial charge in [0.1, 0.15) is 0 Å². The van der Waals surface area contributed by atoms with Gasteiger partial charge in [-0.15, -0.1) is 0 Å². The van der Waals surface area contributed by atoms with Gasteiger partial charge in [0.25, 0.3) is 0 Å². The minimum atomic E-state index is 0.0697. The molecule has 2 aliphatic rings. The largest absolute Gasteiger partial charge is 0.337 e. The highest BCUT2D eigenvalue weighted by Crippen LogP contribution is 2.20. The van der Waals surface area contributed by atoms with Gasteiger partial charge in [0, 0.05) is 13.1 Å². The predicted molar refractivity (Wildman–Crippen MR) is 66.6 cm³/mol. The number of carbonyl (C=O) groups excluding carboxylic acids is 1. The molecule has 1 aromatic carbocycles. The van der Waals surface area contributed by atoms with E-state index >= 15 is 0 Å². The van der Waals surface area contributed by atoms with Crippen molar-refractivity contribution in [3.05, 3.63) is 35.4 Å². The maximum atomic E-state index is 12.3. The molecule has 1 atom stereocenters. The highest BCUT2D eigenvalue weighted by Gasteiger charge is 2.28. The molecule has 0 aliphatic carbocycles. The summed E-state index contributed by atoms with van der Waals surface area (Å²) in [5.41, 5.74) is 2.71. The summed E-state index contributed by atoms with van der Waals surface area (Å²) in [4.78, 5) is 14.3. The fraction of sp³-hybridized carbons (Fsp3) is 0.500. The van der Waals surface area contributed by atoms with Crippen LogP contribution in [0.25, 0.3) is 0 Å². The van der Waals surface area contributed by atoms with Gasteiger partial charge in [0.15, 0.2) is 0 Å². The monoisotopic (exact) mass is 230 g/mol. The van der Waals surface area contributed by atoms with Gasteiger partial charge in [-0.2, -0.15) is 0 Å². The second-order valence-electron chi connectivity index (χ2n) is 4.93. The Morgan fingerprint density at radius 3 is 2.88 bits per heavy atom. The van der Waals surface area contributed by atoms with Crippen LogP contribution in [0.4, 0.5) is 0 Å². The zero-order valence-corrected chi connectivity index (χ0v) is 9.98. The molecular weight excluding hydrogens is 212 g/mol. The fourth-order valence-corrected chi connectivity index (χ4v) is 2.80. The quantitative estimate of drug-likeness (QED) is 0.789. The van der Waals surface area contributed by atoms with E-state index in [9.17, 15) is 4.79 Å². The molecular formula is C14H18N2O. The first kappa shape index (κ1) is 10.8. The van der Waals surface area contributed by atoms with Crippen LogP contribution in [0.15, 0.2) is 24.3 Å². The molecule has 1 aromatic rings. The maximum Gasteiger partial charge on any atom is 0.240 e. The van der Waals surface area contributed by atoms with Gasteiger partial charge in [-0.1, -0.05) is 24.3 Å². The number of carbonyl (C=O) groups is 1. The Balaban J connectivity index is 1.73. The Labute approximate surface area is 102 Å². The van der Waals surface area contributed by atoms with Gasteiger partial charge in [0.2, 0.25) is 5.91 Å². The van der Waals surface area contributed by atoms with Crippen LogP contribution in [-0.2, 0) is 17.8 Å². The maximum absolute atomic E-state index is 12.3. The van der Waals surface area contributed by atoms with Crippen LogP contribution in [0.1, 0.15) is 24.0 Å². The molecule has 0 aromatic heterocycles. The number of fused-ring (bicyclic) bond motifs is 1. The summed E-state index contributed by atoms with van der Waals surface area (Å²) < 4.78 is 0. The third-order valence-electron chi connectivity index (χ3n) is 3.80. The highest BCUT2D eigenvalue weighted by molar-refractivity contribution is 5.82. The van der Waals surface area contributed by atoms with E-state index in [1.807, 2.05) is 4.90 Å². The molecule has 2 aliphatic heterocycles. The molecule has 1 N–H and O–H groups in total. The lowest BCUT2D eigenvalue weighted by Gasteiger charge is -2.30. The lowest BCUT2D eigenvalue weighted by atomic mass is 9.99. The Bertz CT molecular complexity index is 424. The molecule has 0 radical (unpaired) electrons. The topological polar surface area (TPSA) is 32.3 Å². The van der Waals surface area contributed by atoms with Crippen molar-refractivity contribution < 1.29 is 4.79 Å². The molecule has 0 bridgehead atoms. The number of benzene rings is 1. The van der Waals surface area contributed by atoms with Crippen molar-refractivity contribution in [3.8, 4) is 0 Å². The first-order valence-electron chi connectivity index (χ1n) is 6.43. The predicted octanol–water partition coefficient (Wildman–Crippen LogP) is 1.32. The molecule has 2 heterocycles. The summed E-state index contributed by atoms with van der Waals surface area (Å²) in [6.07, 6.45) is 3.12. The molecule has 17 heavy (non-hydrogen) atoms. The zero-order chi connectivity index (χ0) is 11.7. The average Bonchev–Trinajstić information content (AvgIpc) is 2.91. The number of hydrogen-bond donors (Lipinski definition) is 1. The van der Waals surface area contributed by atoms with Gasteiger partial charge < -0.3 is 10.2 Å². The molecule has 90 valence electrons. The van der Waals surface area contributed by atoms with E-state index in [1.165, 1.54) is 11.1 Å². The van der Waals surface area contributed by atoms with Crippen LogP contribution < -0.4 is 5.32 Å². The summed E-state index contributed by atoms with van der Waals surface area (Å²) in [5, 5.41) is 3.29. The number of rotatable bonds is 1. The van der Waals surface area contributed by atoms with Crippen molar-refractivity contribution in [2.45, 2.75) is 31.8 Å². The van der Waals surface area contributed by atoms with Crippen LogP contribution in [0.2, 0.25) is 0 Å². The molecule has 3 rings (SSSR count). The number of nitrogens with one attached hydrogen (secondary N) is 1. The van der Waals surface area contributed by atoms with Gasteiger partial charge >= 0.3 is 0 Å². The van der Waals surface area contributed by atoms with Crippen LogP contribution in [0.5, 0.6) is 0 Å². The standard InChI is InChI=1S/C14H18N2O/c17-14(13-6-3-8-15-13)16-9-7-11-4-1-2-5-12(11)10-16/h1-2,4-5,13,15H,3,6-10H2/t13-/m0/s1. The fourth-order valence-electron chi connectivity index (χ4n) is 2.80. The lowest BCUT2D eigenvalue weighted by Crippen LogP contribution is -2.45. The molecule has 0 unspecified atom stereocenters. The van der Waals surface area contributed by atoms with E-state index in [4.69, 9.17) is 0 Å². The van der Waals surface area contributed by atoms with Crippen molar-refractivity contribution >= 4 is 5.91 Å². The van der Waals surface area contributed by atoms with Gasteiger partial charge in [-0.3, -0.25) is 4.79 Å². The van der Waals surface area contributed by atoms with Crippen LogP contribution >= 0.6 is 0 Å². The first-order chi connectivity index (χ1) is 8.34. The normalized spacial score (nSPS) is 23.5. The van der Waals surface area contributed by atoms with Crippen molar-refractivity contribution in [2.75, 3.05) is 13.1 Å². The van der Waals surface area contributed by atoms with E-state index < -0.39 is 0 Å². The van der Waals surface area contributed by atoms with Crippen molar-refractivity contribution in [1.82, 2.24) is 10.2 Å². The van der Waals surface area contributed by atoms with Crippen LogP contribution in [-0.4, -0.2) is 29.9 Å². The average molecular weight is 230 g/mol. The number of amides is 1. The van der Waals surface area contributed by atoms with Gasteiger partial charge in [0.05, 0.1) is 6.04 Å². The summed E-state index contributed by atoms with van der Waals surface area (Å²) in [7, 11) is 0. The minimum Gasteiger partial charge on any atom is -0.337 e. The van der Waals surface area contributed by atoms with Crippen LogP contribution in [0.3, 0.4) is 0 Å². The smallest absolute Gasteiger partial charge is 0.240 e. The molecule has 0 saturated carbocycles. The second kappa shape index (κ2) is 4.49.